The van der Waals surface area contributed by atoms with Gasteiger partial charge < -0.3 is 14.8 Å². The molecule has 0 saturated heterocycles. The Morgan fingerprint density at radius 1 is 1.12 bits per heavy atom. The Balaban J connectivity index is 2.11. The second kappa shape index (κ2) is 8.15. The van der Waals surface area contributed by atoms with Crippen LogP contribution in [0.4, 0.5) is 5.69 Å². The molecular formula is C18H22BrN3O2. The standard InChI is InChI=1S/C18H22BrN3O2/c1-4-21(5-2)18(24)13-7-9-15(10-8-13)20-17(23)16-11-14(19)12-22(16)6-3/h7-12H,4-6H2,1-3H3,(H,20,23). The Morgan fingerprint density at radius 3 is 2.29 bits per heavy atom. The van der Waals surface area contributed by atoms with Gasteiger partial charge in [-0.1, -0.05) is 0 Å². The molecule has 0 atom stereocenters. The highest BCUT2D eigenvalue weighted by atomic mass is 79.9. The minimum Gasteiger partial charge on any atom is -0.343 e. The van der Waals surface area contributed by atoms with E-state index in [-0.39, 0.29) is 11.8 Å². The number of halogens is 1. The van der Waals surface area contributed by atoms with E-state index in [0.717, 1.165) is 4.47 Å². The molecule has 24 heavy (non-hydrogen) atoms. The Morgan fingerprint density at radius 2 is 1.75 bits per heavy atom. The van der Waals surface area contributed by atoms with Crippen molar-refractivity contribution in [2.45, 2.75) is 27.3 Å². The van der Waals surface area contributed by atoms with Crippen LogP contribution in [-0.2, 0) is 6.54 Å². The van der Waals surface area contributed by atoms with Gasteiger partial charge in [-0.2, -0.15) is 0 Å². The molecule has 0 aliphatic rings. The maximum atomic E-state index is 12.4. The van der Waals surface area contributed by atoms with Crippen LogP contribution in [0, 0.1) is 0 Å². The van der Waals surface area contributed by atoms with Crippen molar-refractivity contribution in [3.05, 3.63) is 52.3 Å². The second-order valence-corrected chi connectivity index (χ2v) is 6.25. The number of hydrogen-bond donors (Lipinski definition) is 1. The van der Waals surface area contributed by atoms with Gasteiger partial charge >= 0.3 is 0 Å². The molecule has 0 saturated carbocycles. The average molecular weight is 392 g/mol. The fourth-order valence-electron chi connectivity index (χ4n) is 2.51. The molecule has 128 valence electrons. The van der Waals surface area contributed by atoms with Crippen molar-refractivity contribution < 1.29 is 9.59 Å². The Bertz CT molecular complexity index is 718. The SMILES string of the molecule is CCN(CC)C(=O)c1ccc(NC(=O)c2cc(Br)cn2CC)cc1. The van der Waals surface area contributed by atoms with E-state index in [1.807, 2.05) is 31.5 Å². The largest absolute Gasteiger partial charge is 0.343 e. The van der Waals surface area contributed by atoms with Crippen LogP contribution in [0.1, 0.15) is 41.6 Å². The van der Waals surface area contributed by atoms with Gasteiger partial charge in [0.05, 0.1) is 0 Å². The molecule has 0 aliphatic heterocycles. The Hall–Kier alpha value is -2.08. The first-order valence-corrected chi connectivity index (χ1v) is 8.85. The smallest absolute Gasteiger partial charge is 0.272 e. The number of nitrogens with zero attached hydrogens (tertiary/aromatic N) is 2. The van der Waals surface area contributed by atoms with Gasteiger partial charge in [-0.25, -0.2) is 0 Å². The van der Waals surface area contributed by atoms with Crippen molar-refractivity contribution in [2.24, 2.45) is 0 Å². The van der Waals surface area contributed by atoms with Crippen LogP contribution < -0.4 is 5.32 Å². The second-order valence-electron chi connectivity index (χ2n) is 5.34. The summed E-state index contributed by atoms with van der Waals surface area (Å²) in [6.07, 6.45) is 1.88. The number of benzene rings is 1. The lowest BCUT2D eigenvalue weighted by atomic mass is 10.1. The molecule has 0 aliphatic carbocycles. The van der Waals surface area contributed by atoms with Gasteiger partial charge in [0.1, 0.15) is 5.69 Å². The zero-order valence-electron chi connectivity index (χ0n) is 14.2. The summed E-state index contributed by atoms with van der Waals surface area (Å²) in [4.78, 5) is 26.4. The lowest BCUT2D eigenvalue weighted by Crippen LogP contribution is -2.30. The summed E-state index contributed by atoms with van der Waals surface area (Å²) in [7, 11) is 0. The summed E-state index contributed by atoms with van der Waals surface area (Å²) in [6, 6.07) is 8.78. The molecule has 0 bridgehead atoms. The van der Waals surface area contributed by atoms with Gasteiger partial charge in [0.15, 0.2) is 0 Å². The monoisotopic (exact) mass is 391 g/mol. The predicted molar refractivity (Wildman–Crippen MR) is 99.5 cm³/mol. The molecule has 2 rings (SSSR count). The van der Waals surface area contributed by atoms with Crippen LogP contribution in [0.25, 0.3) is 0 Å². The van der Waals surface area contributed by atoms with E-state index in [9.17, 15) is 9.59 Å². The van der Waals surface area contributed by atoms with E-state index in [4.69, 9.17) is 0 Å². The molecule has 2 amide bonds. The highest BCUT2D eigenvalue weighted by Crippen LogP contribution is 2.17. The number of aromatic nitrogens is 1. The van der Waals surface area contributed by atoms with Gasteiger partial charge in [-0.05, 0) is 67.0 Å². The number of aryl methyl sites for hydroxylation is 1. The maximum Gasteiger partial charge on any atom is 0.272 e. The predicted octanol–water partition coefficient (Wildman–Crippen LogP) is 4.00. The van der Waals surface area contributed by atoms with Crippen LogP contribution in [-0.4, -0.2) is 34.4 Å². The number of carbonyl (C=O) groups excluding carboxylic acids is 2. The molecule has 5 nitrogen and oxygen atoms in total. The van der Waals surface area contributed by atoms with Crippen molar-refractivity contribution in [3.8, 4) is 0 Å². The van der Waals surface area contributed by atoms with Gasteiger partial charge in [-0.3, -0.25) is 9.59 Å². The van der Waals surface area contributed by atoms with Crippen LogP contribution in [0.5, 0.6) is 0 Å². The molecule has 0 fully saturated rings. The number of hydrogen-bond acceptors (Lipinski definition) is 2. The minimum atomic E-state index is -0.176. The molecule has 0 radical (unpaired) electrons. The van der Waals surface area contributed by atoms with Crippen molar-refractivity contribution in [1.29, 1.82) is 0 Å². The summed E-state index contributed by atoms with van der Waals surface area (Å²) in [5.74, 6) is -0.174. The first-order chi connectivity index (χ1) is 11.5. The zero-order valence-corrected chi connectivity index (χ0v) is 15.8. The van der Waals surface area contributed by atoms with Crippen molar-refractivity contribution in [3.63, 3.8) is 0 Å². The van der Waals surface area contributed by atoms with Gasteiger partial charge in [0.25, 0.3) is 11.8 Å². The first kappa shape index (κ1) is 18.3. The first-order valence-electron chi connectivity index (χ1n) is 8.06. The van der Waals surface area contributed by atoms with Crippen LogP contribution in [0.15, 0.2) is 41.0 Å². The molecule has 1 N–H and O–H groups in total. The number of nitrogens with one attached hydrogen (secondary N) is 1. The molecule has 1 aromatic carbocycles. The van der Waals surface area contributed by atoms with E-state index in [2.05, 4.69) is 21.2 Å². The van der Waals surface area contributed by atoms with Gasteiger partial charge in [-0.15, -0.1) is 0 Å². The Kier molecular flexibility index (Phi) is 6.20. The number of rotatable bonds is 6. The third-order valence-corrected chi connectivity index (χ3v) is 4.31. The molecule has 6 heteroatoms. The van der Waals surface area contributed by atoms with Crippen LogP contribution >= 0.6 is 15.9 Å². The summed E-state index contributed by atoms with van der Waals surface area (Å²) in [6.45, 7) is 7.96. The van der Waals surface area contributed by atoms with E-state index in [0.29, 0.717) is 36.6 Å². The summed E-state index contributed by atoms with van der Waals surface area (Å²) < 4.78 is 2.74. The molecule has 0 spiro atoms. The minimum absolute atomic E-state index is 0.00154. The summed E-state index contributed by atoms with van der Waals surface area (Å²) >= 11 is 3.39. The van der Waals surface area contributed by atoms with E-state index < -0.39 is 0 Å². The third kappa shape index (κ3) is 4.06. The van der Waals surface area contributed by atoms with Crippen LogP contribution in [0.3, 0.4) is 0 Å². The highest BCUT2D eigenvalue weighted by Gasteiger charge is 2.14. The molecule has 1 heterocycles. The van der Waals surface area contributed by atoms with Gasteiger partial charge in [0, 0.05) is 41.6 Å². The number of anilines is 1. The average Bonchev–Trinajstić information content (AvgIpc) is 2.97. The molecule has 0 unspecified atom stereocenters. The van der Waals surface area contributed by atoms with Crippen molar-refractivity contribution in [2.75, 3.05) is 18.4 Å². The molecular weight excluding hydrogens is 370 g/mol. The van der Waals surface area contributed by atoms with E-state index >= 15 is 0 Å². The Labute approximate surface area is 150 Å². The quantitative estimate of drug-likeness (QED) is 0.808. The highest BCUT2D eigenvalue weighted by molar-refractivity contribution is 9.10. The van der Waals surface area contributed by atoms with E-state index in [1.54, 1.807) is 35.2 Å². The zero-order chi connectivity index (χ0) is 17.7. The number of carbonyl (C=O) groups is 2. The fourth-order valence-corrected chi connectivity index (χ4v) is 2.98. The van der Waals surface area contributed by atoms with Crippen LogP contribution in [0.2, 0.25) is 0 Å². The summed E-state index contributed by atoms with van der Waals surface area (Å²) in [5, 5.41) is 2.86. The normalized spacial score (nSPS) is 10.5. The summed E-state index contributed by atoms with van der Waals surface area (Å²) in [5.41, 5.74) is 1.88. The van der Waals surface area contributed by atoms with E-state index in [1.165, 1.54) is 0 Å². The maximum absolute atomic E-state index is 12.4. The van der Waals surface area contributed by atoms with Crippen molar-refractivity contribution >= 4 is 33.4 Å². The lowest BCUT2D eigenvalue weighted by molar-refractivity contribution is 0.0773. The third-order valence-electron chi connectivity index (χ3n) is 3.88. The molecule has 1 aromatic heterocycles. The van der Waals surface area contributed by atoms with Gasteiger partial charge in [0.2, 0.25) is 0 Å². The lowest BCUT2D eigenvalue weighted by Gasteiger charge is -2.18. The van der Waals surface area contributed by atoms with Crippen molar-refractivity contribution in [1.82, 2.24) is 9.47 Å². The topological polar surface area (TPSA) is 54.3 Å². The number of amides is 2. The fraction of sp³-hybridized carbons (Fsp3) is 0.333. The molecule has 2 aromatic rings.